The minimum atomic E-state index is -0.0362. The van der Waals surface area contributed by atoms with Crippen LogP contribution in [-0.2, 0) is 9.59 Å². The van der Waals surface area contributed by atoms with Gasteiger partial charge in [0.1, 0.15) is 12.3 Å². The number of carbonyl (C=O) groups excluding carboxylic acids is 2. The molecule has 0 bridgehead atoms. The predicted octanol–water partition coefficient (Wildman–Crippen LogP) is 2.84. The second-order valence-electron chi connectivity index (χ2n) is 7.48. The Morgan fingerprint density at radius 2 is 1.92 bits per heavy atom. The molecule has 2 amide bonds. The summed E-state index contributed by atoms with van der Waals surface area (Å²) in [7, 11) is 0. The lowest BCUT2D eigenvalue weighted by atomic mass is 9.75. The SMILES string of the molecule is O=C(CN1C(=O)CCOc2ccccc21)N1CC[C@H]2CCCC[C@@H]2C1. The maximum atomic E-state index is 12.9. The van der Waals surface area contributed by atoms with E-state index in [4.69, 9.17) is 4.74 Å². The Morgan fingerprint density at radius 1 is 1.12 bits per heavy atom. The molecular formula is C20H26N2O3. The van der Waals surface area contributed by atoms with E-state index in [9.17, 15) is 9.59 Å². The number of rotatable bonds is 2. The zero-order valence-corrected chi connectivity index (χ0v) is 14.7. The lowest BCUT2D eigenvalue weighted by molar-refractivity contribution is -0.134. The van der Waals surface area contributed by atoms with Gasteiger partial charge in [-0.1, -0.05) is 31.4 Å². The van der Waals surface area contributed by atoms with E-state index >= 15 is 0 Å². The van der Waals surface area contributed by atoms with Gasteiger partial charge in [-0.05, 0) is 36.8 Å². The summed E-state index contributed by atoms with van der Waals surface area (Å²) in [6, 6.07) is 7.49. The van der Waals surface area contributed by atoms with E-state index in [1.807, 2.05) is 29.2 Å². The van der Waals surface area contributed by atoms with E-state index in [2.05, 4.69) is 0 Å². The summed E-state index contributed by atoms with van der Waals surface area (Å²) in [5.74, 6) is 2.17. The fourth-order valence-electron chi connectivity index (χ4n) is 4.56. The van der Waals surface area contributed by atoms with Crippen LogP contribution in [0.5, 0.6) is 5.75 Å². The number of para-hydroxylation sites is 2. The van der Waals surface area contributed by atoms with E-state index in [0.717, 1.165) is 25.4 Å². The van der Waals surface area contributed by atoms with Gasteiger partial charge in [-0.3, -0.25) is 14.5 Å². The monoisotopic (exact) mass is 342 g/mol. The van der Waals surface area contributed by atoms with Crippen LogP contribution < -0.4 is 9.64 Å². The molecule has 3 aliphatic rings. The van der Waals surface area contributed by atoms with Crippen molar-refractivity contribution in [2.24, 2.45) is 11.8 Å². The van der Waals surface area contributed by atoms with Gasteiger partial charge in [0, 0.05) is 13.1 Å². The molecule has 2 fully saturated rings. The number of hydrogen-bond acceptors (Lipinski definition) is 3. The molecule has 5 nitrogen and oxygen atoms in total. The van der Waals surface area contributed by atoms with Gasteiger partial charge in [0.2, 0.25) is 11.8 Å². The molecule has 5 heteroatoms. The predicted molar refractivity (Wildman–Crippen MR) is 95.6 cm³/mol. The van der Waals surface area contributed by atoms with Crippen LogP contribution in [0, 0.1) is 11.8 Å². The van der Waals surface area contributed by atoms with E-state index < -0.39 is 0 Å². The molecule has 1 saturated carbocycles. The van der Waals surface area contributed by atoms with Crippen LogP contribution in [0.1, 0.15) is 38.5 Å². The van der Waals surface area contributed by atoms with E-state index in [1.165, 1.54) is 25.7 Å². The summed E-state index contributed by atoms with van der Waals surface area (Å²) < 4.78 is 5.66. The van der Waals surface area contributed by atoms with Crippen LogP contribution in [-0.4, -0.2) is 43.0 Å². The van der Waals surface area contributed by atoms with Gasteiger partial charge in [-0.2, -0.15) is 0 Å². The van der Waals surface area contributed by atoms with Crippen LogP contribution in [0.2, 0.25) is 0 Å². The Hall–Kier alpha value is -2.04. The number of likely N-dealkylation sites (tertiary alicyclic amines) is 1. The first-order valence-corrected chi connectivity index (χ1v) is 9.52. The first kappa shape index (κ1) is 16.4. The Morgan fingerprint density at radius 3 is 2.80 bits per heavy atom. The molecule has 2 aliphatic heterocycles. The molecule has 2 atom stereocenters. The lowest BCUT2D eigenvalue weighted by Gasteiger charge is -2.41. The minimum Gasteiger partial charge on any atom is -0.491 e. The first-order valence-electron chi connectivity index (χ1n) is 9.52. The Balaban J connectivity index is 1.47. The van der Waals surface area contributed by atoms with Crippen molar-refractivity contribution in [2.75, 3.05) is 31.1 Å². The number of piperidine rings is 1. The molecule has 0 spiro atoms. The Bertz CT molecular complexity index is 660. The van der Waals surface area contributed by atoms with Crippen molar-refractivity contribution in [3.8, 4) is 5.75 Å². The summed E-state index contributed by atoms with van der Waals surface area (Å²) in [6.45, 7) is 2.19. The Kier molecular flexibility index (Phi) is 4.64. The maximum absolute atomic E-state index is 12.9. The van der Waals surface area contributed by atoms with Crippen molar-refractivity contribution < 1.29 is 14.3 Å². The van der Waals surface area contributed by atoms with Crippen molar-refractivity contribution in [1.29, 1.82) is 0 Å². The topological polar surface area (TPSA) is 49.9 Å². The Labute approximate surface area is 148 Å². The van der Waals surface area contributed by atoms with Gasteiger partial charge in [0.15, 0.2) is 0 Å². The highest BCUT2D eigenvalue weighted by molar-refractivity contribution is 6.00. The standard InChI is InChI=1S/C20H26N2O3/c23-19-10-12-25-18-8-4-3-7-17(18)22(19)14-20(24)21-11-9-15-5-1-2-6-16(15)13-21/h3-4,7-8,15-16H,1-2,5-6,9-14H2/t15-,16-/m1/s1. The molecule has 2 heterocycles. The zero-order valence-electron chi connectivity index (χ0n) is 14.7. The van der Waals surface area contributed by atoms with Crippen LogP contribution >= 0.6 is 0 Å². The maximum Gasteiger partial charge on any atom is 0.242 e. The quantitative estimate of drug-likeness (QED) is 0.830. The summed E-state index contributed by atoms with van der Waals surface area (Å²) in [5.41, 5.74) is 0.714. The molecule has 1 aliphatic carbocycles. The third-order valence-electron chi connectivity index (χ3n) is 5.97. The highest BCUT2D eigenvalue weighted by Crippen LogP contribution is 2.36. The normalized spacial score (nSPS) is 26.3. The van der Waals surface area contributed by atoms with Crippen molar-refractivity contribution in [1.82, 2.24) is 4.90 Å². The van der Waals surface area contributed by atoms with Gasteiger partial charge in [-0.15, -0.1) is 0 Å². The average molecular weight is 342 g/mol. The summed E-state index contributed by atoms with van der Waals surface area (Å²) in [5, 5.41) is 0. The first-order chi connectivity index (χ1) is 12.2. The fraction of sp³-hybridized carbons (Fsp3) is 0.600. The van der Waals surface area contributed by atoms with E-state index in [1.54, 1.807) is 4.90 Å². The summed E-state index contributed by atoms with van der Waals surface area (Å²) in [6.07, 6.45) is 6.62. The number of amides is 2. The number of benzene rings is 1. The van der Waals surface area contributed by atoms with Crippen molar-refractivity contribution in [3.05, 3.63) is 24.3 Å². The smallest absolute Gasteiger partial charge is 0.242 e. The van der Waals surface area contributed by atoms with Gasteiger partial charge < -0.3 is 9.64 Å². The number of carbonyl (C=O) groups is 2. The zero-order chi connectivity index (χ0) is 17.2. The second-order valence-corrected chi connectivity index (χ2v) is 7.48. The molecule has 1 saturated heterocycles. The molecular weight excluding hydrogens is 316 g/mol. The molecule has 134 valence electrons. The molecule has 0 unspecified atom stereocenters. The van der Waals surface area contributed by atoms with Crippen LogP contribution in [0.15, 0.2) is 24.3 Å². The lowest BCUT2D eigenvalue weighted by Crippen LogP contribution is -2.49. The highest BCUT2D eigenvalue weighted by Gasteiger charge is 2.34. The second kappa shape index (κ2) is 7.06. The van der Waals surface area contributed by atoms with Gasteiger partial charge in [0.05, 0.1) is 18.7 Å². The highest BCUT2D eigenvalue weighted by atomic mass is 16.5. The van der Waals surface area contributed by atoms with Gasteiger partial charge >= 0.3 is 0 Å². The van der Waals surface area contributed by atoms with E-state index in [0.29, 0.717) is 30.4 Å². The summed E-state index contributed by atoms with van der Waals surface area (Å²) in [4.78, 5) is 29.0. The fourth-order valence-corrected chi connectivity index (χ4v) is 4.56. The minimum absolute atomic E-state index is 0.0362. The molecule has 4 rings (SSSR count). The molecule has 1 aromatic rings. The van der Waals surface area contributed by atoms with Crippen molar-refractivity contribution >= 4 is 17.5 Å². The van der Waals surface area contributed by atoms with Crippen LogP contribution in [0.4, 0.5) is 5.69 Å². The summed E-state index contributed by atoms with van der Waals surface area (Å²) >= 11 is 0. The average Bonchev–Trinajstić information content (AvgIpc) is 2.80. The third-order valence-corrected chi connectivity index (χ3v) is 5.97. The van der Waals surface area contributed by atoms with Gasteiger partial charge in [0.25, 0.3) is 0 Å². The number of hydrogen-bond donors (Lipinski definition) is 0. The molecule has 1 aromatic carbocycles. The molecule has 0 N–H and O–H groups in total. The van der Waals surface area contributed by atoms with E-state index in [-0.39, 0.29) is 18.4 Å². The number of nitrogens with zero attached hydrogens (tertiary/aromatic N) is 2. The van der Waals surface area contributed by atoms with Crippen molar-refractivity contribution in [3.63, 3.8) is 0 Å². The van der Waals surface area contributed by atoms with Crippen molar-refractivity contribution in [2.45, 2.75) is 38.5 Å². The van der Waals surface area contributed by atoms with Gasteiger partial charge in [-0.25, -0.2) is 0 Å². The van der Waals surface area contributed by atoms with Crippen LogP contribution in [0.3, 0.4) is 0 Å². The molecule has 25 heavy (non-hydrogen) atoms. The number of anilines is 1. The molecule has 0 radical (unpaired) electrons. The van der Waals surface area contributed by atoms with Crippen LogP contribution in [0.25, 0.3) is 0 Å². The number of ether oxygens (including phenoxy) is 1. The third kappa shape index (κ3) is 3.37. The largest absolute Gasteiger partial charge is 0.491 e. The molecule has 0 aromatic heterocycles. The number of fused-ring (bicyclic) bond motifs is 2.